The molecule has 5 heteroatoms. The number of hydrogen-bond donors (Lipinski definition) is 0. The topological polar surface area (TPSA) is 42.0 Å². The summed E-state index contributed by atoms with van der Waals surface area (Å²) in [5.74, 6) is 0. The summed E-state index contributed by atoms with van der Waals surface area (Å²) in [6.07, 6.45) is 5.12. The lowest BCUT2D eigenvalue weighted by Crippen LogP contribution is -2.50. The summed E-state index contributed by atoms with van der Waals surface area (Å²) in [4.78, 5) is 17.4. The van der Waals surface area contributed by atoms with Crippen LogP contribution in [0.15, 0.2) is 0 Å². The Hall–Kier alpha value is -0.810. The van der Waals surface area contributed by atoms with Crippen LogP contribution in [0.4, 0.5) is 4.79 Å². The Labute approximate surface area is 148 Å². The SMILES string of the molecule is CCCC(C(C)OC)N1CC(CC)N(C(CCC)C(C)OC)C1=O. The summed E-state index contributed by atoms with van der Waals surface area (Å²) >= 11 is 0. The van der Waals surface area contributed by atoms with Crippen LogP contribution in [-0.4, -0.2) is 66.9 Å². The molecule has 0 radical (unpaired) electrons. The first-order chi connectivity index (χ1) is 11.5. The normalized spacial score (nSPS) is 23.5. The number of hydrogen-bond acceptors (Lipinski definition) is 3. The van der Waals surface area contributed by atoms with E-state index in [2.05, 4.69) is 44.4 Å². The molecule has 5 nitrogen and oxygen atoms in total. The molecule has 24 heavy (non-hydrogen) atoms. The van der Waals surface area contributed by atoms with Crippen molar-refractivity contribution >= 4 is 6.03 Å². The van der Waals surface area contributed by atoms with E-state index in [0.29, 0.717) is 0 Å². The minimum atomic E-state index is 0.0485. The minimum Gasteiger partial charge on any atom is -0.380 e. The second kappa shape index (κ2) is 10.2. The van der Waals surface area contributed by atoms with Crippen LogP contribution in [0.1, 0.15) is 66.7 Å². The molecule has 0 saturated carbocycles. The molecule has 0 aromatic rings. The highest BCUT2D eigenvalue weighted by atomic mass is 16.5. The van der Waals surface area contributed by atoms with Gasteiger partial charge in [-0.3, -0.25) is 0 Å². The first-order valence-electron chi connectivity index (χ1n) is 9.61. The largest absolute Gasteiger partial charge is 0.380 e. The number of carbonyl (C=O) groups excluding carboxylic acids is 1. The number of rotatable bonds is 11. The van der Waals surface area contributed by atoms with E-state index in [1.807, 2.05) is 0 Å². The molecule has 2 amide bonds. The molecule has 1 aliphatic heterocycles. The molecule has 0 aliphatic carbocycles. The highest BCUT2D eigenvalue weighted by Crippen LogP contribution is 2.30. The highest BCUT2D eigenvalue weighted by Gasteiger charge is 2.45. The molecule has 1 heterocycles. The molecule has 0 bridgehead atoms. The Kier molecular flexibility index (Phi) is 9.06. The number of amides is 2. The third-order valence-corrected chi connectivity index (χ3v) is 5.49. The fourth-order valence-electron chi connectivity index (χ4n) is 3.86. The van der Waals surface area contributed by atoms with Crippen LogP contribution in [0, 0.1) is 0 Å². The summed E-state index contributed by atoms with van der Waals surface area (Å²) in [6, 6.07) is 0.705. The van der Waals surface area contributed by atoms with Crippen LogP contribution in [0.3, 0.4) is 0 Å². The molecular formula is C19H38N2O3. The number of ether oxygens (including phenoxy) is 2. The summed E-state index contributed by atoms with van der Waals surface area (Å²) in [5.41, 5.74) is 0. The zero-order valence-electron chi connectivity index (χ0n) is 16.7. The summed E-state index contributed by atoms with van der Waals surface area (Å²) in [7, 11) is 3.47. The third kappa shape index (κ3) is 4.63. The fourth-order valence-corrected chi connectivity index (χ4v) is 3.86. The van der Waals surface area contributed by atoms with E-state index in [1.165, 1.54) is 0 Å². The van der Waals surface area contributed by atoms with Gasteiger partial charge in [0, 0.05) is 20.8 Å². The molecule has 0 N–H and O–H groups in total. The zero-order chi connectivity index (χ0) is 18.3. The summed E-state index contributed by atoms with van der Waals surface area (Å²) in [5, 5.41) is 0. The molecule has 5 atom stereocenters. The maximum Gasteiger partial charge on any atom is 0.321 e. The molecule has 1 aliphatic rings. The van der Waals surface area contributed by atoms with Crippen molar-refractivity contribution < 1.29 is 14.3 Å². The molecule has 0 aromatic carbocycles. The Morgan fingerprint density at radius 2 is 1.50 bits per heavy atom. The number of nitrogens with zero attached hydrogens (tertiary/aromatic N) is 2. The molecule has 1 rings (SSSR count). The maximum absolute atomic E-state index is 13.3. The second-order valence-corrected chi connectivity index (χ2v) is 7.00. The van der Waals surface area contributed by atoms with Crippen LogP contribution in [0.2, 0.25) is 0 Å². The van der Waals surface area contributed by atoms with Crippen molar-refractivity contribution in [2.24, 2.45) is 0 Å². The van der Waals surface area contributed by atoms with E-state index in [9.17, 15) is 4.79 Å². The highest BCUT2D eigenvalue weighted by molar-refractivity contribution is 5.78. The van der Waals surface area contributed by atoms with Crippen LogP contribution in [0.5, 0.6) is 0 Å². The fraction of sp³-hybridized carbons (Fsp3) is 0.947. The lowest BCUT2D eigenvalue weighted by molar-refractivity contribution is 0.0252. The van der Waals surface area contributed by atoms with Crippen molar-refractivity contribution in [3.8, 4) is 0 Å². The Balaban J connectivity index is 3.07. The van der Waals surface area contributed by atoms with Crippen molar-refractivity contribution in [2.75, 3.05) is 20.8 Å². The van der Waals surface area contributed by atoms with E-state index in [-0.39, 0.29) is 36.4 Å². The van der Waals surface area contributed by atoms with Gasteiger partial charge in [0.1, 0.15) is 0 Å². The van der Waals surface area contributed by atoms with Crippen LogP contribution in [0.25, 0.3) is 0 Å². The van der Waals surface area contributed by atoms with Gasteiger partial charge in [0.25, 0.3) is 0 Å². The molecule has 1 saturated heterocycles. The Morgan fingerprint density at radius 3 is 1.96 bits per heavy atom. The molecule has 0 spiro atoms. The number of methoxy groups -OCH3 is 2. The van der Waals surface area contributed by atoms with Gasteiger partial charge >= 0.3 is 6.03 Å². The predicted octanol–water partition coefficient (Wildman–Crippen LogP) is 3.91. The van der Waals surface area contributed by atoms with Gasteiger partial charge in [-0.2, -0.15) is 0 Å². The Bertz CT molecular complexity index is 378. The van der Waals surface area contributed by atoms with Crippen LogP contribution in [-0.2, 0) is 9.47 Å². The standard InChI is InChI=1S/C19H38N2O3/c1-8-11-17(14(4)23-6)20-13-16(10-3)21(19(20)22)18(12-9-2)15(5)24-7/h14-18H,8-13H2,1-7H3. The van der Waals surface area contributed by atoms with Crippen LogP contribution < -0.4 is 0 Å². The van der Waals surface area contributed by atoms with E-state index in [1.54, 1.807) is 14.2 Å². The van der Waals surface area contributed by atoms with Crippen molar-refractivity contribution in [1.82, 2.24) is 9.80 Å². The van der Waals surface area contributed by atoms with E-state index in [4.69, 9.17) is 9.47 Å². The smallest absolute Gasteiger partial charge is 0.321 e. The molecule has 1 fully saturated rings. The van der Waals surface area contributed by atoms with Gasteiger partial charge in [-0.15, -0.1) is 0 Å². The van der Waals surface area contributed by atoms with Crippen molar-refractivity contribution in [2.45, 2.75) is 97.1 Å². The average Bonchev–Trinajstić information content (AvgIpc) is 2.92. The third-order valence-electron chi connectivity index (χ3n) is 5.49. The number of urea groups is 1. The maximum atomic E-state index is 13.3. The van der Waals surface area contributed by atoms with E-state index in [0.717, 1.165) is 38.6 Å². The minimum absolute atomic E-state index is 0.0485. The quantitative estimate of drug-likeness (QED) is 0.572. The number of carbonyl (C=O) groups is 1. The van der Waals surface area contributed by atoms with Gasteiger partial charge in [-0.25, -0.2) is 4.79 Å². The first-order valence-corrected chi connectivity index (χ1v) is 9.61. The van der Waals surface area contributed by atoms with Crippen LogP contribution >= 0.6 is 0 Å². The second-order valence-electron chi connectivity index (χ2n) is 7.00. The van der Waals surface area contributed by atoms with Crippen molar-refractivity contribution in [3.63, 3.8) is 0 Å². The molecule has 0 aromatic heterocycles. The zero-order valence-corrected chi connectivity index (χ0v) is 16.7. The lowest BCUT2D eigenvalue weighted by atomic mass is 10.0. The summed E-state index contributed by atoms with van der Waals surface area (Å²) in [6.45, 7) is 11.4. The van der Waals surface area contributed by atoms with Gasteiger partial charge in [-0.05, 0) is 33.1 Å². The van der Waals surface area contributed by atoms with Gasteiger partial charge in [0.05, 0.1) is 30.3 Å². The van der Waals surface area contributed by atoms with Gasteiger partial charge in [0.2, 0.25) is 0 Å². The average molecular weight is 343 g/mol. The van der Waals surface area contributed by atoms with E-state index < -0.39 is 0 Å². The Morgan fingerprint density at radius 1 is 1.00 bits per heavy atom. The predicted molar refractivity (Wildman–Crippen MR) is 98.4 cm³/mol. The molecule has 5 unspecified atom stereocenters. The van der Waals surface area contributed by atoms with Crippen molar-refractivity contribution in [1.29, 1.82) is 0 Å². The summed E-state index contributed by atoms with van der Waals surface area (Å²) < 4.78 is 11.2. The molecular weight excluding hydrogens is 304 g/mol. The van der Waals surface area contributed by atoms with Gasteiger partial charge in [-0.1, -0.05) is 33.6 Å². The van der Waals surface area contributed by atoms with Gasteiger partial charge in [0.15, 0.2) is 0 Å². The van der Waals surface area contributed by atoms with Gasteiger partial charge < -0.3 is 19.3 Å². The molecule has 142 valence electrons. The van der Waals surface area contributed by atoms with E-state index >= 15 is 0 Å². The lowest BCUT2D eigenvalue weighted by Gasteiger charge is -2.36. The van der Waals surface area contributed by atoms with Crippen molar-refractivity contribution in [3.05, 3.63) is 0 Å². The first kappa shape index (κ1) is 21.2. The monoisotopic (exact) mass is 342 g/mol.